The van der Waals surface area contributed by atoms with Crippen molar-refractivity contribution in [3.8, 4) is 0 Å². The predicted molar refractivity (Wildman–Crippen MR) is 129 cm³/mol. The summed E-state index contributed by atoms with van der Waals surface area (Å²) in [5, 5.41) is 0. The number of anilines is 1. The molecule has 31 heavy (non-hydrogen) atoms. The highest BCUT2D eigenvalue weighted by Crippen LogP contribution is 2.32. The number of fused-ring (bicyclic) bond motifs is 1. The molecule has 4 aromatic rings. The second kappa shape index (κ2) is 8.56. The van der Waals surface area contributed by atoms with E-state index in [1.807, 2.05) is 6.33 Å². The van der Waals surface area contributed by atoms with Crippen LogP contribution in [0, 0.1) is 0 Å². The van der Waals surface area contributed by atoms with Crippen molar-refractivity contribution in [3.63, 3.8) is 0 Å². The highest BCUT2D eigenvalue weighted by atomic mass is 15.2. The molecule has 0 unspecified atom stereocenters. The highest BCUT2D eigenvalue weighted by Gasteiger charge is 2.22. The Kier molecular flexibility index (Phi) is 5.47. The second-order valence-electron chi connectivity index (χ2n) is 8.73. The van der Waals surface area contributed by atoms with Gasteiger partial charge in [0.1, 0.15) is 0 Å². The maximum atomic E-state index is 4.75. The van der Waals surface area contributed by atoms with Crippen molar-refractivity contribution in [1.29, 1.82) is 0 Å². The smallest absolute Gasteiger partial charge is 0.0966 e. The van der Waals surface area contributed by atoms with E-state index in [9.17, 15) is 0 Å². The number of aromatic nitrogens is 2. The number of nitrogens with zero attached hydrogens (tertiary/aromatic N) is 4. The van der Waals surface area contributed by atoms with Gasteiger partial charge in [0.05, 0.1) is 23.4 Å². The number of rotatable bonds is 5. The zero-order chi connectivity index (χ0) is 21.2. The minimum absolute atomic E-state index is 0.0992. The van der Waals surface area contributed by atoms with Crippen LogP contribution in [0.15, 0.2) is 85.2 Å². The van der Waals surface area contributed by atoms with Crippen LogP contribution in [0.3, 0.4) is 0 Å². The van der Waals surface area contributed by atoms with Gasteiger partial charge in [-0.1, -0.05) is 60.7 Å². The number of benzene rings is 3. The molecule has 4 heteroatoms. The van der Waals surface area contributed by atoms with E-state index >= 15 is 0 Å². The van der Waals surface area contributed by atoms with Gasteiger partial charge in [0, 0.05) is 24.8 Å². The van der Waals surface area contributed by atoms with Crippen LogP contribution >= 0.6 is 0 Å². The number of imidazole rings is 1. The first kappa shape index (κ1) is 19.8. The first-order valence-corrected chi connectivity index (χ1v) is 11.2. The average molecular weight is 411 g/mol. The zero-order valence-electron chi connectivity index (χ0n) is 18.4. The lowest BCUT2D eigenvalue weighted by Gasteiger charge is -2.36. The third kappa shape index (κ3) is 3.96. The summed E-state index contributed by atoms with van der Waals surface area (Å²) < 4.78 is 2.33. The van der Waals surface area contributed by atoms with E-state index in [2.05, 4.69) is 107 Å². The molecular formula is C27H30N4. The van der Waals surface area contributed by atoms with Gasteiger partial charge in [0.2, 0.25) is 0 Å². The molecule has 1 aliphatic heterocycles. The van der Waals surface area contributed by atoms with Crippen molar-refractivity contribution in [3.05, 3.63) is 96.3 Å². The van der Waals surface area contributed by atoms with Gasteiger partial charge in [0.25, 0.3) is 0 Å². The van der Waals surface area contributed by atoms with E-state index in [0.717, 1.165) is 18.6 Å². The highest BCUT2D eigenvalue weighted by molar-refractivity contribution is 5.80. The van der Waals surface area contributed by atoms with Gasteiger partial charge in [-0.25, -0.2) is 4.98 Å². The van der Waals surface area contributed by atoms with E-state index in [4.69, 9.17) is 4.98 Å². The summed E-state index contributed by atoms with van der Waals surface area (Å²) >= 11 is 0. The molecule has 0 atom stereocenters. The molecule has 1 fully saturated rings. The summed E-state index contributed by atoms with van der Waals surface area (Å²) in [7, 11) is 4.39. The zero-order valence-corrected chi connectivity index (χ0v) is 18.4. The minimum atomic E-state index is 0.0992. The largest absolute Gasteiger partial charge is 0.371 e. The van der Waals surface area contributed by atoms with Crippen molar-refractivity contribution in [2.45, 2.75) is 24.9 Å². The third-order valence-electron chi connectivity index (χ3n) is 6.63. The molecule has 1 aliphatic rings. The standard InChI is InChI=1S/C27H30N4/c1-29(2)23-15-17-30(18-16-23)24-13-14-25-26(19-24)31(20-28-25)27(21-9-5-3-6-10-21)22-11-7-4-8-12-22/h3-14,19-20,23,27H,15-18H2,1-2H3. The molecule has 0 amide bonds. The lowest BCUT2D eigenvalue weighted by atomic mass is 9.98. The normalized spacial score (nSPS) is 15.3. The molecule has 1 aromatic heterocycles. The van der Waals surface area contributed by atoms with Crippen LogP contribution in [0.5, 0.6) is 0 Å². The van der Waals surface area contributed by atoms with Gasteiger partial charge in [-0.2, -0.15) is 0 Å². The molecule has 0 spiro atoms. The van der Waals surface area contributed by atoms with Crippen LogP contribution in [0.2, 0.25) is 0 Å². The molecule has 0 aliphatic carbocycles. The van der Waals surface area contributed by atoms with Crippen LogP contribution in [0.1, 0.15) is 30.0 Å². The van der Waals surface area contributed by atoms with Crippen LogP contribution in [0.25, 0.3) is 11.0 Å². The van der Waals surface area contributed by atoms with Gasteiger partial charge in [-0.05, 0) is 56.3 Å². The van der Waals surface area contributed by atoms with Crippen molar-refractivity contribution in [1.82, 2.24) is 14.5 Å². The van der Waals surface area contributed by atoms with Crippen LogP contribution in [0.4, 0.5) is 5.69 Å². The summed E-state index contributed by atoms with van der Waals surface area (Å²) in [6, 6.07) is 29.0. The Morgan fingerprint density at radius 2 is 1.45 bits per heavy atom. The van der Waals surface area contributed by atoms with E-state index < -0.39 is 0 Å². The quantitative estimate of drug-likeness (QED) is 0.452. The van der Waals surface area contributed by atoms with Crippen molar-refractivity contribution < 1.29 is 0 Å². The Balaban J connectivity index is 1.54. The Bertz CT molecular complexity index is 1090. The molecule has 5 rings (SSSR count). The first-order valence-electron chi connectivity index (χ1n) is 11.2. The molecule has 3 aromatic carbocycles. The van der Waals surface area contributed by atoms with Crippen molar-refractivity contribution >= 4 is 16.7 Å². The summed E-state index contributed by atoms with van der Waals surface area (Å²) in [5.74, 6) is 0. The van der Waals surface area contributed by atoms with Crippen LogP contribution < -0.4 is 4.90 Å². The van der Waals surface area contributed by atoms with E-state index in [1.165, 1.54) is 35.2 Å². The van der Waals surface area contributed by atoms with Gasteiger partial charge in [0.15, 0.2) is 0 Å². The molecule has 0 bridgehead atoms. The van der Waals surface area contributed by atoms with Crippen LogP contribution in [-0.4, -0.2) is 47.7 Å². The summed E-state index contributed by atoms with van der Waals surface area (Å²) in [6.07, 6.45) is 4.42. The molecule has 0 radical (unpaired) electrons. The number of piperidine rings is 1. The Morgan fingerprint density at radius 1 is 0.839 bits per heavy atom. The average Bonchev–Trinajstić information content (AvgIpc) is 3.24. The fourth-order valence-corrected chi connectivity index (χ4v) is 4.84. The lowest BCUT2D eigenvalue weighted by molar-refractivity contribution is 0.249. The minimum Gasteiger partial charge on any atom is -0.371 e. The van der Waals surface area contributed by atoms with Gasteiger partial charge >= 0.3 is 0 Å². The second-order valence-corrected chi connectivity index (χ2v) is 8.73. The molecule has 1 saturated heterocycles. The Morgan fingerprint density at radius 3 is 2.03 bits per heavy atom. The summed E-state index contributed by atoms with van der Waals surface area (Å²) in [6.45, 7) is 2.20. The Labute approximate surface area is 184 Å². The summed E-state index contributed by atoms with van der Waals surface area (Å²) in [4.78, 5) is 9.64. The number of hydrogen-bond donors (Lipinski definition) is 0. The Hall–Kier alpha value is -3.11. The fraction of sp³-hybridized carbons (Fsp3) is 0.296. The first-order chi connectivity index (χ1) is 15.2. The maximum absolute atomic E-state index is 4.75. The molecule has 4 nitrogen and oxygen atoms in total. The van der Waals surface area contributed by atoms with E-state index in [1.54, 1.807) is 0 Å². The van der Waals surface area contributed by atoms with Gasteiger partial charge in [-0.3, -0.25) is 0 Å². The van der Waals surface area contributed by atoms with Gasteiger partial charge < -0.3 is 14.4 Å². The van der Waals surface area contributed by atoms with E-state index in [-0.39, 0.29) is 6.04 Å². The fourth-order valence-electron chi connectivity index (χ4n) is 4.84. The molecule has 2 heterocycles. The molecule has 0 N–H and O–H groups in total. The topological polar surface area (TPSA) is 24.3 Å². The molecule has 158 valence electrons. The molecular weight excluding hydrogens is 380 g/mol. The summed E-state index contributed by atoms with van der Waals surface area (Å²) in [5.41, 5.74) is 6.07. The SMILES string of the molecule is CN(C)C1CCN(c2ccc3ncn(C(c4ccccc4)c4ccccc4)c3c2)CC1. The van der Waals surface area contributed by atoms with E-state index in [0.29, 0.717) is 6.04 Å². The monoisotopic (exact) mass is 410 g/mol. The lowest BCUT2D eigenvalue weighted by Crippen LogP contribution is -2.41. The van der Waals surface area contributed by atoms with Crippen molar-refractivity contribution in [2.24, 2.45) is 0 Å². The van der Waals surface area contributed by atoms with Crippen LogP contribution in [-0.2, 0) is 0 Å². The molecule has 0 saturated carbocycles. The van der Waals surface area contributed by atoms with Crippen molar-refractivity contribution in [2.75, 3.05) is 32.1 Å². The third-order valence-corrected chi connectivity index (χ3v) is 6.63. The number of hydrogen-bond acceptors (Lipinski definition) is 3. The van der Waals surface area contributed by atoms with Gasteiger partial charge in [-0.15, -0.1) is 0 Å². The maximum Gasteiger partial charge on any atom is 0.0966 e. The predicted octanol–water partition coefficient (Wildman–Crippen LogP) is 5.20.